The van der Waals surface area contributed by atoms with E-state index in [9.17, 15) is 10.4 Å². The van der Waals surface area contributed by atoms with Crippen LogP contribution in [-0.2, 0) is 12.0 Å². The summed E-state index contributed by atoms with van der Waals surface area (Å²) in [4.78, 5) is 16.4. The Kier molecular flexibility index (Phi) is 7.18. The molecule has 0 amide bonds. The normalized spacial score (nSPS) is 23.0. The lowest BCUT2D eigenvalue weighted by Gasteiger charge is -2.39. The van der Waals surface area contributed by atoms with Gasteiger partial charge in [0.25, 0.3) is 0 Å². The van der Waals surface area contributed by atoms with Crippen LogP contribution in [0.3, 0.4) is 0 Å². The van der Waals surface area contributed by atoms with Gasteiger partial charge in [-0.2, -0.15) is 10.4 Å². The van der Waals surface area contributed by atoms with Gasteiger partial charge in [-0.25, -0.2) is 14.5 Å². The van der Waals surface area contributed by atoms with E-state index in [4.69, 9.17) is 9.73 Å². The molecule has 3 aromatic heterocycles. The van der Waals surface area contributed by atoms with Gasteiger partial charge in [-0.15, -0.1) is 0 Å². The third-order valence-electron chi connectivity index (χ3n) is 8.84. The fourth-order valence-corrected chi connectivity index (χ4v) is 6.07. The molecular formula is C31H38N8O2. The van der Waals surface area contributed by atoms with Crippen LogP contribution in [0.4, 0.5) is 5.69 Å². The number of nitriles is 1. The van der Waals surface area contributed by atoms with Crippen LogP contribution >= 0.6 is 0 Å². The molecule has 0 radical (unpaired) electrons. The lowest BCUT2D eigenvalue weighted by Crippen LogP contribution is -2.45. The molecule has 0 spiro atoms. The fourth-order valence-electron chi connectivity index (χ4n) is 6.07. The third kappa shape index (κ3) is 5.52. The SMILES string of the molecule is COc1ccc(CN2CCN(C3=CCC(C)(c4cc(N5CCC(C)(O)CC5)cn5ncc(C#N)c45)C=N3)CC2)cn1. The second-order valence-electron chi connectivity index (χ2n) is 12.0. The van der Waals surface area contributed by atoms with Crippen molar-refractivity contribution in [3.05, 3.63) is 65.4 Å². The van der Waals surface area contributed by atoms with Crippen LogP contribution < -0.4 is 9.64 Å². The van der Waals surface area contributed by atoms with E-state index in [0.29, 0.717) is 11.4 Å². The van der Waals surface area contributed by atoms with Gasteiger partial charge in [0, 0.05) is 69.7 Å². The largest absolute Gasteiger partial charge is 0.481 e. The van der Waals surface area contributed by atoms with Crippen LogP contribution in [0.5, 0.6) is 5.88 Å². The van der Waals surface area contributed by atoms with Crippen molar-refractivity contribution in [1.29, 1.82) is 5.26 Å². The third-order valence-corrected chi connectivity index (χ3v) is 8.84. The first kappa shape index (κ1) is 27.2. The van der Waals surface area contributed by atoms with E-state index in [2.05, 4.69) is 62.2 Å². The minimum atomic E-state index is -0.620. The van der Waals surface area contributed by atoms with Gasteiger partial charge in [0.1, 0.15) is 11.9 Å². The summed E-state index contributed by atoms with van der Waals surface area (Å²) in [5.41, 5.74) is 3.71. The number of anilines is 1. The van der Waals surface area contributed by atoms with Crippen molar-refractivity contribution in [2.45, 2.75) is 50.7 Å². The highest BCUT2D eigenvalue weighted by Crippen LogP contribution is 2.38. The number of nitrogens with zero attached hydrogens (tertiary/aromatic N) is 8. The second kappa shape index (κ2) is 10.8. The van der Waals surface area contributed by atoms with E-state index in [1.54, 1.807) is 13.3 Å². The lowest BCUT2D eigenvalue weighted by atomic mass is 9.78. The van der Waals surface area contributed by atoms with Crippen LogP contribution in [0.1, 0.15) is 49.8 Å². The number of piperidine rings is 1. The van der Waals surface area contributed by atoms with Crippen LogP contribution in [0, 0.1) is 11.3 Å². The van der Waals surface area contributed by atoms with Crippen molar-refractivity contribution < 1.29 is 9.84 Å². The number of aliphatic hydroxyl groups is 1. The van der Waals surface area contributed by atoms with Crippen LogP contribution in [-0.4, -0.2) is 87.7 Å². The molecule has 3 aliphatic rings. The van der Waals surface area contributed by atoms with Crippen molar-refractivity contribution >= 4 is 17.4 Å². The van der Waals surface area contributed by atoms with Crippen LogP contribution in [0.15, 0.2) is 53.7 Å². The first-order valence-corrected chi connectivity index (χ1v) is 14.4. The van der Waals surface area contributed by atoms with Crippen molar-refractivity contribution in [3.63, 3.8) is 0 Å². The predicted molar refractivity (Wildman–Crippen MR) is 158 cm³/mol. The highest BCUT2D eigenvalue weighted by atomic mass is 16.5. The first-order valence-electron chi connectivity index (χ1n) is 14.4. The van der Waals surface area contributed by atoms with Gasteiger partial charge in [-0.1, -0.05) is 13.0 Å². The van der Waals surface area contributed by atoms with E-state index >= 15 is 0 Å². The molecule has 214 valence electrons. The minimum Gasteiger partial charge on any atom is -0.481 e. The van der Waals surface area contributed by atoms with E-state index in [1.165, 1.54) is 5.56 Å². The summed E-state index contributed by atoms with van der Waals surface area (Å²) in [6.45, 7) is 10.3. The first-order chi connectivity index (χ1) is 19.8. The standard InChI is InChI=1S/C31H38N8O2/c1-30(26-16-25(37-10-8-31(2,40)9-11-37)21-39-29(26)24(17-32)19-35-39)7-6-27(34-22-30)38-14-12-36(13-15-38)20-23-4-5-28(41-3)33-18-23/h4-6,16,18-19,21-22,40H,7-15,20H2,1-3H3. The molecule has 1 unspecified atom stereocenters. The van der Waals surface area contributed by atoms with Gasteiger partial charge in [-0.05, 0) is 49.5 Å². The van der Waals surface area contributed by atoms with E-state index in [1.807, 2.05) is 29.9 Å². The monoisotopic (exact) mass is 554 g/mol. The molecule has 2 fully saturated rings. The molecule has 1 N–H and O–H groups in total. The van der Waals surface area contributed by atoms with Crippen molar-refractivity contribution in [2.75, 3.05) is 51.3 Å². The zero-order valence-electron chi connectivity index (χ0n) is 24.1. The Labute approximate surface area is 241 Å². The summed E-state index contributed by atoms with van der Waals surface area (Å²) in [6, 6.07) is 8.52. The summed E-state index contributed by atoms with van der Waals surface area (Å²) in [5.74, 6) is 1.66. The Bertz CT molecular complexity index is 1500. The Morgan fingerprint density at radius 2 is 1.83 bits per heavy atom. The van der Waals surface area contributed by atoms with E-state index < -0.39 is 5.60 Å². The van der Waals surface area contributed by atoms with Gasteiger partial charge < -0.3 is 19.6 Å². The topological polar surface area (TPSA) is 106 Å². The summed E-state index contributed by atoms with van der Waals surface area (Å²) >= 11 is 0. The zero-order chi connectivity index (χ0) is 28.6. The molecule has 10 heteroatoms. The average Bonchev–Trinajstić information content (AvgIpc) is 3.41. The number of methoxy groups -OCH3 is 1. The summed E-state index contributed by atoms with van der Waals surface area (Å²) < 4.78 is 7.01. The highest BCUT2D eigenvalue weighted by molar-refractivity contribution is 5.83. The zero-order valence-corrected chi connectivity index (χ0v) is 24.1. The molecule has 1 atom stereocenters. The van der Waals surface area contributed by atoms with Crippen molar-refractivity contribution in [2.24, 2.45) is 4.99 Å². The molecule has 0 aliphatic carbocycles. The second-order valence-corrected chi connectivity index (χ2v) is 12.0. The van der Waals surface area contributed by atoms with Crippen molar-refractivity contribution in [1.82, 2.24) is 24.4 Å². The van der Waals surface area contributed by atoms with E-state index in [-0.39, 0.29) is 5.41 Å². The maximum absolute atomic E-state index is 10.5. The number of pyridine rings is 2. The number of aromatic nitrogens is 3. The molecular weight excluding hydrogens is 516 g/mol. The smallest absolute Gasteiger partial charge is 0.212 e. The Morgan fingerprint density at radius 3 is 2.46 bits per heavy atom. The fraction of sp³-hybridized carbons (Fsp3) is 0.484. The maximum atomic E-state index is 10.5. The molecule has 0 bridgehead atoms. The molecule has 3 aliphatic heterocycles. The number of hydrogen-bond donors (Lipinski definition) is 1. The molecule has 0 aromatic carbocycles. The van der Waals surface area contributed by atoms with E-state index in [0.717, 1.165) is 87.7 Å². The summed E-state index contributed by atoms with van der Waals surface area (Å²) in [6.07, 6.45) is 12.1. The maximum Gasteiger partial charge on any atom is 0.212 e. The lowest BCUT2D eigenvalue weighted by molar-refractivity contribution is 0.0351. The molecule has 41 heavy (non-hydrogen) atoms. The van der Waals surface area contributed by atoms with Crippen molar-refractivity contribution in [3.8, 4) is 11.9 Å². The molecule has 2 saturated heterocycles. The van der Waals surface area contributed by atoms with Gasteiger partial charge >= 0.3 is 0 Å². The van der Waals surface area contributed by atoms with Crippen LogP contribution in [0.25, 0.3) is 5.52 Å². The van der Waals surface area contributed by atoms with Gasteiger partial charge in [-0.3, -0.25) is 4.90 Å². The number of rotatable bonds is 6. The quantitative estimate of drug-likeness (QED) is 0.495. The molecule has 6 rings (SSSR count). The molecule has 3 aromatic rings. The Morgan fingerprint density at radius 1 is 1.05 bits per heavy atom. The average molecular weight is 555 g/mol. The molecule has 10 nitrogen and oxygen atoms in total. The minimum absolute atomic E-state index is 0.378. The van der Waals surface area contributed by atoms with Gasteiger partial charge in [0.15, 0.2) is 0 Å². The number of ether oxygens (including phenoxy) is 1. The van der Waals surface area contributed by atoms with Crippen LogP contribution in [0.2, 0.25) is 0 Å². The number of hydrogen-bond acceptors (Lipinski definition) is 9. The summed E-state index contributed by atoms with van der Waals surface area (Å²) in [5, 5.41) is 24.8. The number of piperazine rings is 1. The molecule has 6 heterocycles. The molecule has 0 saturated carbocycles. The Balaban J connectivity index is 1.17. The number of allylic oxidation sites excluding steroid dienone is 1. The predicted octanol–water partition coefficient (Wildman–Crippen LogP) is 3.35. The van der Waals surface area contributed by atoms with Gasteiger partial charge in [0.2, 0.25) is 5.88 Å². The Hall–Kier alpha value is -3.94. The summed E-state index contributed by atoms with van der Waals surface area (Å²) in [7, 11) is 1.63. The number of aliphatic imine (C=N–C) groups is 1. The highest BCUT2D eigenvalue weighted by Gasteiger charge is 2.34. The van der Waals surface area contributed by atoms with Gasteiger partial charge in [0.05, 0.1) is 41.9 Å². The number of fused-ring (bicyclic) bond motifs is 1.